The van der Waals surface area contributed by atoms with Crippen LogP contribution in [-0.4, -0.2) is 10.1 Å². The molecule has 0 fully saturated rings. The molecule has 8 heteroatoms. The Kier molecular flexibility index (Phi) is 3.84. The van der Waals surface area contributed by atoms with Crippen LogP contribution in [0.1, 0.15) is 23.2 Å². The standard InChI is InChI=1S/C8H5BrF5NO/c9-4-1-15-6(7(10)11)5(3(4)2-16)8(12,13)14/h1,7,16H,2H2. The van der Waals surface area contributed by atoms with E-state index in [1.54, 1.807) is 0 Å². The summed E-state index contributed by atoms with van der Waals surface area (Å²) >= 11 is 2.72. The second-order valence-electron chi connectivity index (χ2n) is 2.80. The number of rotatable bonds is 2. The van der Waals surface area contributed by atoms with E-state index in [2.05, 4.69) is 20.9 Å². The fourth-order valence-electron chi connectivity index (χ4n) is 1.18. The monoisotopic (exact) mass is 305 g/mol. The van der Waals surface area contributed by atoms with E-state index in [0.29, 0.717) is 0 Å². The molecule has 0 saturated carbocycles. The normalized spacial score (nSPS) is 12.2. The van der Waals surface area contributed by atoms with Gasteiger partial charge in [0, 0.05) is 16.2 Å². The van der Waals surface area contributed by atoms with Gasteiger partial charge in [0.05, 0.1) is 12.2 Å². The first kappa shape index (κ1) is 13.3. The van der Waals surface area contributed by atoms with Crippen molar-refractivity contribution < 1.29 is 27.1 Å². The Morgan fingerprint density at radius 2 is 1.94 bits per heavy atom. The van der Waals surface area contributed by atoms with Crippen LogP contribution in [0.4, 0.5) is 22.0 Å². The molecule has 1 aromatic heterocycles. The van der Waals surface area contributed by atoms with Crippen LogP contribution in [0.5, 0.6) is 0 Å². The molecule has 1 N–H and O–H groups in total. The van der Waals surface area contributed by atoms with Gasteiger partial charge in [0.1, 0.15) is 5.69 Å². The summed E-state index contributed by atoms with van der Waals surface area (Å²) in [4.78, 5) is 3.02. The first-order chi connectivity index (χ1) is 7.29. The molecule has 0 atom stereocenters. The summed E-state index contributed by atoms with van der Waals surface area (Å²) in [5, 5.41) is 8.77. The van der Waals surface area contributed by atoms with Crippen LogP contribution in [0.2, 0.25) is 0 Å². The number of alkyl halides is 5. The van der Waals surface area contributed by atoms with E-state index in [0.717, 1.165) is 6.20 Å². The smallest absolute Gasteiger partial charge is 0.392 e. The third kappa shape index (κ3) is 2.49. The molecule has 0 aliphatic rings. The fraction of sp³-hybridized carbons (Fsp3) is 0.375. The molecule has 0 aliphatic carbocycles. The first-order valence-electron chi connectivity index (χ1n) is 3.92. The molecule has 90 valence electrons. The van der Waals surface area contributed by atoms with Gasteiger partial charge in [0.2, 0.25) is 0 Å². The number of hydrogen-bond acceptors (Lipinski definition) is 2. The Labute approximate surface area is 95.2 Å². The molecule has 0 radical (unpaired) electrons. The zero-order valence-electron chi connectivity index (χ0n) is 7.52. The Hall–Kier alpha value is -0.760. The van der Waals surface area contributed by atoms with Gasteiger partial charge in [-0.05, 0) is 15.9 Å². The first-order valence-corrected chi connectivity index (χ1v) is 4.71. The second kappa shape index (κ2) is 4.62. The third-order valence-corrected chi connectivity index (χ3v) is 2.49. The van der Waals surface area contributed by atoms with Gasteiger partial charge in [-0.1, -0.05) is 0 Å². The average Bonchev–Trinajstić information content (AvgIpc) is 2.15. The molecule has 0 amide bonds. The summed E-state index contributed by atoms with van der Waals surface area (Å²) in [6.45, 7) is -1.00. The highest BCUT2D eigenvalue weighted by Crippen LogP contribution is 2.39. The minimum Gasteiger partial charge on any atom is -0.392 e. The van der Waals surface area contributed by atoms with Crippen molar-refractivity contribution in [2.45, 2.75) is 19.2 Å². The SMILES string of the molecule is OCc1c(Br)cnc(C(F)F)c1C(F)(F)F. The van der Waals surface area contributed by atoms with E-state index in [-0.39, 0.29) is 4.47 Å². The van der Waals surface area contributed by atoms with Crippen molar-refractivity contribution in [1.29, 1.82) is 0 Å². The van der Waals surface area contributed by atoms with Crippen LogP contribution in [0, 0.1) is 0 Å². The molecule has 0 bridgehead atoms. The number of pyridine rings is 1. The van der Waals surface area contributed by atoms with Crippen molar-refractivity contribution in [3.63, 3.8) is 0 Å². The van der Waals surface area contributed by atoms with Crippen molar-refractivity contribution in [3.05, 3.63) is 27.5 Å². The van der Waals surface area contributed by atoms with Gasteiger partial charge in [0.25, 0.3) is 6.43 Å². The minimum atomic E-state index is -4.99. The zero-order valence-corrected chi connectivity index (χ0v) is 9.11. The van der Waals surface area contributed by atoms with Gasteiger partial charge in [-0.3, -0.25) is 4.98 Å². The highest BCUT2D eigenvalue weighted by molar-refractivity contribution is 9.10. The Morgan fingerprint density at radius 3 is 2.31 bits per heavy atom. The van der Waals surface area contributed by atoms with Crippen LogP contribution in [-0.2, 0) is 12.8 Å². The summed E-state index contributed by atoms with van der Waals surface area (Å²) in [6.07, 6.45) is -7.53. The lowest BCUT2D eigenvalue weighted by Crippen LogP contribution is -2.15. The van der Waals surface area contributed by atoms with Crippen LogP contribution in [0.15, 0.2) is 10.7 Å². The van der Waals surface area contributed by atoms with E-state index < -0.39 is 36.0 Å². The van der Waals surface area contributed by atoms with Gasteiger partial charge in [0.15, 0.2) is 0 Å². The van der Waals surface area contributed by atoms with E-state index in [9.17, 15) is 22.0 Å². The summed E-state index contributed by atoms with van der Waals surface area (Å²) in [5.41, 5.74) is -3.60. The van der Waals surface area contributed by atoms with Gasteiger partial charge in [-0.15, -0.1) is 0 Å². The molecule has 1 rings (SSSR count). The molecule has 2 nitrogen and oxygen atoms in total. The Bertz CT molecular complexity index is 393. The predicted octanol–water partition coefficient (Wildman–Crippen LogP) is 3.29. The highest BCUT2D eigenvalue weighted by atomic mass is 79.9. The molecule has 0 aromatic carbocycles. The number of nitrogens with zero attached hydrogens (tertiary/aromatic N) is 1. The van der Waals surface area contributed by atoms with Crippen LogP contribution in [0.25, 0.3) is 0 Å². The largest absolute Gasteiger partial charge is 0.418 e. The molecule has 0 unspecified atom stereocenters. The van der Waals surface area contributed by atoms with Crippen molar-refractivity contribution >= 4 is 15.9 Å². The topological polar surface area (TPSA) is 33.1 Å². The second-order valence-corrected chi connectivity index (χ2v) is 3.66. The van der Waals surface area contributed by atoms with Crippen LogP contribution < -0.4 is 0 Å². The number of halogens is 6. The van der Waals surface area contributed by atoms with E-state index >= 15 is 0 Å². The van der Waals surface area contributed by atoms with Crippen molar-refractivity contribution in [2.24, 2.45) is 0 Å². The molecule has 0 saturated heterocycles. The summed E-state index contributed by atoms with van der Waals surface area (Å²) < 4.78 is 62.1. The minimum absolute atomic E-state index is 0.160. The Morgan fingerprint density at radius 1 is 1.38 bits per heavy atom. The van der Waals surface area contributed by atoms with E-state index in [1.807, 2.05) is 0 Å². The maximum atomic E-state index is 12.5. The summed E-state index contributed by atoms with van der Waals surface area (Å²) in [6, 6.07) is 0. The molecular weight excluding hydrogens is 301 g/mol. The Balaban J connectivity index is 3.54. The lowest BCUT2D eigenvalue weighted by Gasteiger charge is -2.16. The van der Waals surface area contributed by atoms with Gasteiger partial charge >= 0.3 is 6.18 Å². The highest BCUT2D eigenvalue weighted by Gasteiger charge is 2.39. The van der Waals surface area contributed by atoms with Crippen molar-refractivity contribution in [2.75, 3.05) is 0 Å². The maximum Gasteiger partial charge on any atom is 0.418 e. The van der Waals surface area contributed by atoms with Crippen molar-refractivity contribution in [3.8, 4) is 0 Å². The molecule has 16 heavy (non-hydrogen) atoms. The lowest BCUT2D eigenvalue weighted by molar-refractivity contribution is -0.141. The quantitative estimate of drug-likeness (QED) is 0.851. The number of aromatic nitrogens is 1. The third-order valence-electron chi connectivity index (χ3n) is 1.81. The zero-order chi connectivity index (χ0) is 12.5. The molecule has 0 spiro atoms. The molecular formula is C8H5BrF5NO. The molecule has 1 aromatic rings. The maximum absolute atomic E-state index is 12.5. The van der Waals surface area contributed by atoms with Gasteiger partial charge < -0.3 is 5.11 Å². The number of aliphatic hydroxyl groups excluding tert-OH is 1. The van der Waals surface area contributed by atoms with Gasteiger partial charge in [-0.2, -0.15) is 13.2 Å². The van der Waals surface area contributed by atoms with Gasteiger partial charge in [-0.25, -0.2) is 8.78 Å². The average molecular weight is 306 g/mol. The summed E-state index contributed by atoms with van der Waals surface area (Å²) in [7, 11) is 0. The van der Waals surface area contributed by atoms with E-state index in [1.165, 1.54) is 0 Å². The number of hydrogen-bond donors (Lipinski definition) is 1. The van der Waals surface area contributed by atoms with Crippen molar-refractivity contribution in [1.82, 2.24) is 4.98 Å². The summed E-state index contributed by atoms with van der Waals surface area (Å²) in [5.74, 6) is 0. The van der Waals surface area contributed by atoms with E-state index in [4.69, 9.17) is 5.11 Å². The van der Waals surface area contributed by atoms with Crippen LogP contribution >= 0.6 is 15.9 Å². The molecule has 1 heterocycles. The predicted molar refractivity (Wildman–Crippen MR) is 47.8 cm³/mol. The molecule has 0 aliphatic heterocycles. The number of aliphatic hydroxyl groups is 1. The van der Waals surface area contributed by atoms with Crippen LogP contribution in [0.3, 0.4) is 0 Å². The lowest BCUT2D eigenvalue weighted by atomic mass is 10.1. The fourth-order valence-corrected chi connectivity index (χ4v) is 1.61.